The van der Waals surface area contributed by atoms with Gasteiger partial charge in [0.1, 0.15) is 0 Å². The van der Waals surface area contributed by atoms with Crippen molar-refractivity contribution in [2.45, 2.75) is 12.1 Å². The molecular formula is C16H23N5. The Bertz CT molecular complexity index is 609. The summed E-state index contributed by atoms with van der Waals surface area (Å²) in [6.45, 7) is 3.16. The highest BCUT2D eigenvalue weighted by molar-refractivity contribution is 5.85. The number of hydrogen-bond donors (Lipinski definition) is 2. The zero-order valence-electron chi connectivity index (χ0n) is 12.7. The third-order valence-corrected chi connectivity index (χ3v) is 4.52. The van der Waals surface area contributed by atoms with E-state index in [-0.39, 0.29) is 6.04 Å². The molecule has 0 bridgehead atoms. The Morgan fingerprint density at radius 2 is 2.14 bits per heavy atom. The van der Waals surface area contributed by atoms with Gasteiger partial charge in [-0.25, -0.2) is 0 Å². The quantitative estimate of drug-likeness (QED) is 0.650. The topological polar surface area (TPSA) is 57.4 Å². The monoisotopic (exact) mass is 285 g/mol. The number of piperazine rings is 1. The first-order valence-electron chi connectivity index (χ1n) is 7.38. The van der Waals surface area contributed by atoms with Gasteiger partial charge in [-0.2, -0.15) is 0 Å². The lowest BCUT2D eigenvalue weighted by Crippen LogP contribution is -2.56. The number of nitrogens with one attached hydrogen (secondary N) is 1. The summed E-state index contributed by atoms with van der Waals surface area (Å²) in [7, 11) is 4.34. The zero-order valence-corrected chi connectivity index (χ0v) is 12.7. The number of nitrogens with zero attached hydrogens (tertiary/aromatic N) is 3. The van der Waals surface area contributed by atoms with E-state index in [1.165, 1.54) is 16.3 Å². The normalized spacial score (nSPS) is 22.5. The summed E-state index contributed by atoms with van der Waals surface area (Å²) in [5, 5.41) is 2.37. The molecule has 1 aromatic heterocycles. The van der Waals surface area contributed by atoms with Crippen LogP contribution in [-0.2, 0) is 0 Å². The molecule has 1 fully saturated rings. The number of hydrogen-bond acceptors (Lipinski definition) is 5. The molecule has 0 radical (unpaired) electrons. The Kier molecular flexibility index (Phi) is 4.17. The molecular weight excluding hydrogens is 262 g/mol. The molecule has 2 unspecified atom stereocenters. The summed E-state index contributed by atoms with van der Waals surface area (Å²) in [6, 6.07) is 8.84. The third kappa shape index (κ3) is 2.78. The van der Waals surface area contributed by atoms with Gasteiger partial charge >= 0.3 is 0 Å². The van der Waals surface area contributed by atoms with Gasteiger partial charge in [-0.1, -0.05) is 18.2 Å². The summed E-state index contributed by atoms with van der Waals surface area (Å²) >= 11 is 0. The van der Waals surface area contributed by atoms with Crippen LogP contribution in [0.5, 0.6) is 0 Å². The van der Waals surface area contributed by atoms with Crippen LogP contribution >= 0.6 is 0 Å². The lowest BCUT2D eigenvalue weighted by atomic mass is 9.93. The van der Waals surface area contributed by atoms with Gasteiger partial charge in [0.25, 0.3) is 0 Å². The van der Waals surface area contributed by atoms with E-state index < -0.39 is 0 Å². The van der Waals surface area contributed by atoms with Crippen molar-refractivity contribution in [1.29, 1.82) is 0 Å². The van der Waals surface area contributed by atoms with Gasteiger partial charge in [0.05, 0.1) is 6.04 Å². The van der Waals surface area contributed by atoms with Crippen LogP contribution in [-0.4, -0.2) is 54.6 Å². The summed E-state index contributed by atoms with van der Waals surface area (Å²) < 4.78 is 0. The van der Waals surface area contributed by atoms with E-state index in [0.717, 1.165) is 19.6 Å². The van der Waals surface area contributed by atoms with E-state index in [4.69, 9.17) is 5.84 Å². The van der Waals surface area contributed by atoms with E-state index in [2.05, 4.69) is 52.5 Å². The molecule has 3 N–H and O–H groups in total. The van der Waals surface area contributed by atoms with Gasteiger partial charge < -0.3 is 4.90 Å². The molecule has 5 nitrogen and oxygen atoms in total. The van der Waals surface area contributed by atoms with Crippen LogP contribution in [0.4, 0.5) is 0 Å². The molecule has 1 saturated heterocycles. The summed E-state index contributed by atoms with van der Waals surface area (Å²) in [4.78, 5) is 9.02. The number of likely N-dealkylation sites (N-methyl/N-ethyl adjacent to an activating group) is 2. The van der Waals surface area contributed by atoms with E-state index in [1.807, 2.05) is 18.5 Å². The second-order valence-electron chi connectivity index (χ2n) is 5.90. The van der Waals surface area contributed by atoms with E-state index in [9.17, 15) is 0 Å². The van der Waals surface area contributed by atoms with Gasteiger partial charge in [0.2, 0.25) is 0 Å². The highest BCUT2D eigenvalue weighted by atomic mass is 15.3. The molecule has 0 amide bonds. The number of aromatic nitrogens is 1. The van der Waals surface area contributed by atoms with Crippen molar-refractivity contribution in [1.82, 2.24) is 20.2 Å². The largest absolute Gasteiger partial charge is 0.303 e. The molecule has 2 aromatic rings. The van der Waals surface area contributed by atoms with Crippen molar-refractivity contribution in [2.75, 3.05) is 33.7 Å². The van der Waals surface area contributed by atoms with Crippen molar-refractivity contribution in [3.63, 3.8) is 0 Å². The number of benzene rings is 1. The highest BCUT2D eigenvalue weighted by Gasteiger charge is 2.31. The Hall–Kier alpha value is -1.53. The summed E-state index contributed by atoms with van der Waals surface area (Å²) in [6.07, 6.45) is 3.76. The summed E-state index contributed by atoms with van der Waals surface area (Å²) in [5.41, 5.74) is 4.25. The number of hydrazine groups is 1. The fourth-order valence-corrected chi connectivity index (χ4v) is 3.22. The Morgan fingerprint density at radius 1 is 1.29 bits per heavy atom. The van der Waals surface area contributed by atoms with Crippen LogP contribution < -0.4 is 11.3 Å². The van der Waals surface area contributed by atoms with Gasteiger partial charge in [-0.3, -0.25) is 21.2 Å². The Balaban J connectivity index is 2.01. The van der Waals surface area contributed by atoms with Crippen molar-refractivity contribution in [3.8, 4) is 0 Å². The van der Waals surface area contributed by atoms with Gasteiger partial charge in [0.15, 0.2) is 0 Å². The average molecular weight is 285 g/mol. The molecule has 1 aliphatic heterocycles. The zero-order chi connectivity index (χ0) is 14.8. The molecule has 112 valence electrons. The van der Waals surface area contributed by atoms with Gasteiger partial charge in [0, 0.05) is 43.5 Å². The molecule has 0 aliphatic carbocycles. The predicted molar refractivity (Wildman–Crippen MR) is 85.7 cm³/mol. The SMILES string of the molecule is CN1CCN(C)C(C(NN)c2cccc3ccncc23)C1. The van der Waals surface area contributed by atoms with Crippen LogP contribution in [0.15, 0.2) is 36.7 Å². The van der Waals surface area contributed by atoms with Crippen LogP contribution in [0.3, 0.4) is 0 Å². The van der Waals surface area contributed by atoms with Crippen molar-refractivity contribution >= 4 is 10.8 Å². The molecule has 21 heavy (non-hydrogen) atoms. The minimum Gasteiger partial charge on any atom is -0.303 e. The maximum Gasteiger partial charge on any atom is 0.0634 e. The summed E-state index contributed by atoms with van der Waals surface area (Å²) in [5.74, 6) is 5.92. The van der Waals surface area contributed by atoms with Crippen LogP contribution in [0.2, 0.25) is 0 Å². The Labute approximate surface area is 125 Å². The second-order valence-corrected chi connectivity index (χ2v) is 5.90. The van der Waals surface area contributed by atoms with Crippen LogP contribution in [0.25, 0.3) is 10.8 Å². The predicted octanol–water partition coefficient (Wildman–Crippen LogP) is 0.985. The lowest BCUT2D eigenvalue weighted by molar-refractivity contribution is 0.0880. The molecule has 3 rings (SSSR count). The van der Waals surface area contributed by atoms with Gasteiger partial charge in [-0.05, 0) is 31.1 Å². The first kappa shape index (κ1) is 14.4. The van der Waals surface area contributed by atoms with Crippen molar-refractivity contribution < 1.29 is 0 Å². The molecule has 5 heteroatoms. The average Bonchev–Trinajstić information content (AvgIpc) is 2.51. The van der Waals surface area contributed by atoms with Crippen molar-refractivity contribution in [2.24, 2.45) is 5.84 Å². The van der Waals surface area contributed by atoms with Gasteiger partial charge in [-0.15, -0.1) is 0 Å². The van der Waals surface area contributed by atoms with Crippen LogP contribution in [0.1, 0.15) is 11.6 Å². The minimum atomic E-state index is 0.0886. The maximum atomic E-state index is 5.92. The number of pyridine rings is 1. The molecule has 2 heterocycles. The fourth-order valence-electron chi connectivity index (χ4n) is 3.22. The Morgan fingerprint density at radius 3 is 2.95 bits per heavy atom. The molecule has 2 atom stereocenters. The van der Waals surface area contributed by atoms with E-state index in [1.54, 1.807) is 0 Å². The number of nitrogens with two attached hydrogens (primary N) is 1. The first-order chi connectivity index (χ1) is 10.2. The molecule has 1 aromatic carbocycles. The smallest absolute Gasteiger partial charge is 0.0634 e. The van der Waals surface area contributed by atoms with Crippen molar-refractivity contribution in [3.05, 3.63) is 42.2 Å². The van der Waals surface area contributed by atoms with E-state index in [0.29, 0.717) is 6.04 Å². The van der Waals surface area contributed by atoms with E-state index >= 15 is 0 Å². The van der Waals surface area contributed by atoms with Crippen LogP contribution in [0, 0.1) is 0 Å². The molecule has 0 saturated carbocycles. The lowest BCUT2D eigenvalue weighted by Gasteiger charge is -2.42. The fraction of sp³-hybridized carbons (Fsp3) is 0.438. The third-order valence-electron chi connectivity index (χ3n) is 4.52. The molecule has 1 aliphatic rings. The molecule has 0 spiro atoms. The first-order valence-corrected chi connectivity index (χ1v) is 7.38. The number of rotatable bonds is 3. The standard InChI is InChI=1S/C16H23N5/c1-20-8-9-21(2)15(11-20)16(19-17)13-5-3-4-12-6-7-18-10-14(12)13/h3-7,10,15-16,19H,8-9,11,17H2,1-2H3. The number of fused-ring (bicyclic) bond motifs is 1. The minimum absolute atomic E-state index is 0.0886. The maximum absolute atomic E-state index is 5.92. The second kappa shape index (κ2) is 6.07. The highest BCUT2D eigenvalue weighted by Crippen LogP contribution is 2.28.